The van der Waals surface area contributed by atoms with E-state index in [4.69, 9.17) is 5.73 Å². The molecule has 0 aromatic carbocycles. The SMILES string of the molecule is CC(C)NC(=O)c1c(N)nsc1NC(C)c1ccncc1. The van der Waals surface area contributed by atoms with Gasteiger partial charge in [-0.3, -0.25) is 9.78 Å². The molecule has 0 aliphatic heterocycles. The first-order valence-corrected chi connectivity index (χ1v) is 7.48. The van der Waals surface area contributed by atoms with Crippen LogP contribution in [0.2, 0.25) is 0 Å². The predicted octanol–water partition coefficient (Wildman–Crippen LogP) is 2.43. The van der Waals surface area contributed by atoms with E-state index in [2.05, 4.69) is 20.0 Å². The molecular formula is C14H19N5OS. The molecule has 21 heavy (non-hydrogen) atoms. The van der Waals surface area contributed by atoms with Gasteiger partial charge in [0.2, 0.25) is 0 Å². The van der Waals surface area contributed by atoms with Crippen molar-refractivity contribution in [1.82, 2.24) is 14.7 Å². The van der Waals surface area contributed by atoms with Crippen LogP contribution in [-0.2, 0) is 0 Å². The minimum absolute atomic E-state index is 0.0263. The average molecular weight is 305 g/mol. The second kappa shape index (κ2) is 6.53. The topological polar surface area (TPSA) is 92.9 Å². The molecule has 112 valence electrons. The van der Waals surface area contributed by atoms with Crippen molar-refractivity contribution in [1.29, 1.82) is 0 Å². The highest BCUT2D eigenvalue weighted by molar-refractivity contribution is 7.11. The summed E-state index contributed by atoms with van der Waals surface area (Å²) in [6, 6.07) is 3.92. The number of pyridine rings is 1. The Balaban J connectivity index is 2.19. The third kappa shape index (κ3) is 3.69. The quantitative estimate of drug-likeness (QED) is 0.789. The monoisotopic (exact) mass is 305 g/mol. The van der Waals surface area contributed by atoms with E-state index >= 15 is 0 Å². The molecule has 1 unspecified atom stereocenters. The van der Waals surface area contributed by atoms with Crippen LogP contribution in [0.3, 0.4) is 0 Å². The van der Waals surface area contributed by atoms with Crippen molar-refractivity contribution in [2.75, 3.05) is 11.1 Å². The van der Waals surface area contributed by atoms with E-state index in [1.807, 2.05) is 32.9 Å². The van der Waals surface area contributed by atoms with Gasteiger partial charge >= 0.3 is 0 Å². The molecule has 7 heteroatoms. The number of nitrogens with one attached hydrogen (secondary N) is 2. The second-order valence-corrected chi connectivity index (χ2v) is 5.82. The molecule has 2 aromatic heterocycles. The van der Waals surface area contributed by atoms with Crippen LogP contribution in [0.15, 0.2) is 24.5 Å². The van der Waals surface area contributed by atoms with Crippen molar-refractivity contribution in [2.45, 2.75) is 32.9 Å². The summed E-state index contributed by atoms with van der Waals surface area (Å²) in [7, 11) is 0. The van der Waals surface area contributed by atoms with Gasteiger partial charge in [0.15, 0.2) is 5.82 Å². The number of carbonyl (C=O) groups excluding carboxylic acids is 1. The maximum absolute atomic E-state index is 12.2. The number of amides is 1. The van der Waals surface area contributed by atoms with Gasteiger partial charge in [0.1, 0.15) is 10.6 Å². The van der Waals surface area contributed by atoms with E-state index in [1.54, 1.807) is 12.4 Å². The fourth-order valence-electron chi connectivity index (χ4n) is 1.89. The Bertz CT molecular complexity index is 611. The highest BCUT2D eigenvalue weighted by Gasteiger charge is 2.21. The largest absolute Gasteiger partial charge is 0.382 e. The number of nitrogen functional groups attached to an aromatic ring is 1. The van der Waals surface area contributed by atoms with E-state index in [-0.39, 0.29) is 23.8 Å². The lowest BCUT2D eigenvalue weighted by molar-refractivity contribution is 0.0945. The van der Waals surface area contributed by atoms with Crippen molar-refractivity contribution in [3.8, 4) is 0 Å². The average Bonchev–Trinajstić information content (AvgIpc) is 2.80. The van der Waals surface area contributed by atoms with E-state index in [0.29, 0.717) is 10.6 Å². The molecule has 2 aromatic rings. The molecule has 0 saturated carbocycles. The van der Waals surface area contributed by atoms with Gasteiger partial charge in [-0.05, 0) is 50.0 Å². The fourth-order valence-corrected chi connectivity index (χ4v) is 2.69. The van der Waals surface area contributed by atoms with Gasteiger partial charge in [-0.2, -0.15) is 4.37 Å². The molecule has 0 aliphatic rings. The molecule has 2 rings (SSSR count). The Kier molecular flexibility index (Phi) is 4.74. The second-order valence-electron chi connectivity index (χ2n) is 5.05. The summed E-state index contributed by atoms with van der Waals surface area (Å²) in [5, 5.41) is 6.80. The highest BCUT2D eigenvalue weighted by Crippen LogP contribution is 2.30. The number of hydrogen-bond donors (Lipinski definition) is 3. The minimum Gasteiger partial charge on any atom is -0.382 e. The summed E-state index contributed by atoms with van der Waals surface area (Å²) in [6.07, 6.45) is 3.47. The van der Waals surface area contributed by atoms with Gasteiger partial charge < -0.3 is 16.4 Å². The predicted molar refractivity (Wildman–Crippen MR) is 85.4 cm³/mol. The number of hydrogen-bond acceptors (Lipinski definition) is 6. The van der Waals surface area contributed by atoms with Crippen LogP contribution in [0, 0.1) is 0 Å². The third-order valence-electron chi connectivity index (χ3n) is 2.92. The first kappa shape index (κ1) is 15.2. The van der Waals surface area contributed by atoms with E-state index in [0.717, 1.165) is 5.56 Å². The summed E-state index contributed by atoms with van der Waals surface area (Å²) in [6.45, 7) is 5.82. The molecule has 2 heterocycles. The number of aromatic nitrogens is 2. The molecule has 0 radical (unpaired) electrons. The van der Waals surface area contributed by atoms with Crippen LogP contribution < -0.4 is 16.4 Å². The lowest BCUT2D eigenvalue weighted by Gasteiger charge is -2.15. The van der Waals surface area contributed by atoms with Crippen LogP contribution in [-0.4, -0.2) is 21.3 Å². The van der Waals surface area contributed by atoms with Crippen molar-refractivity contribution in [3.05, 3.63) is 35.7 Å². The van der Waals surface area contributed by atoms with Gasteiger partial charge in [-0.1, -0.05) is 0 Å². The summed E-state index contributed by atoms with van der Waals surface area (Å²) >= 11 is 1.19. The van der Waals surface area contributed by atoms with Crippen LogP contribution in [0.25, 0.3) is 0 Å². The molecule has 6 nitrogen and oxygen atoms in total. The Morgan fingerprint density at radius 1 is 1.29 bits per heavy atom. The molecular weight excluding hydrogens is 286 g/mol. The zero-order chi connectivity index (χ0) is 15.4. The van der Waals surface area contributed by atoms with E-state index in [9.17, 15) is 4.79 Å². The van der Waals surface area contributed by atoms with Crippen molar-refractivity contribution in [2.24, 2.45) is 0 Å². The summed E-state index contributed by atoms with van der Waals surface area (Å²) in [5.74, 6) is 0.0447. The van der Waals surface area contributed by atoms with Crippen LogP contribution in [0.4, 0.5) is 10.8 Å². The summed E-state index contributed by atoms with van der Waals surface area (Å²) in [4.78, 5) is 16.2. The van der Waals surface area contributed by atoms with Gasteiger partial charge in [0.25, 0.3) is 5.91 Å². The maximum atomic E-state index is 12.2. The van der Waals surface area contributed by atoms with Gasteiger partial charge in [0.05, 0.1) is 0 Å². The summed E-state index contributed by atoms with van der Waals surface area (Å²) < 4.78 is 4.08. The lowest BCUT2D eigenvalue weighted by Crippen LogP contribution is -2.31. The zero-order valence-corrected chi connectivity index (χ0v) is 13.1. The molecule has 0 bridgehead atoms. The standard InChI is InChI=1S/C14H19N5OS/c1-8(2)17-13(20)11-12(15)19-21-14(11)18-9(3)10-4-6-16-7-5-10/h4-9,18H,1-3H3,(H2,15,19)(H,17,20). The molecule has 4 N–H and O–H groups in total. The Hall–Kier alpha value is -2.15. The normalized spacial score (nSPS) is 12.2. The molecule has 0 saturated heterocycles. The van der Waals surface area contributed by atoms with Crippen LogP contribution >= 0.6 is 11.5 Å². The number of nitrogens with zero attached hydrogens (tertiary/aromatic N) is 2. The summed E-state index contributed by atoms with van der Waals surface area (Å²) in [5.41, 5.74) is 7.31. The van der Waals surface area contributed by atoms with Crippen molar-refractivity contribution < 1.29 is 4.79 Å². The Morgan fingerprint density at radius 2 is 1.95 bits per heavy atom. The zero-order valence-electron chi connectivity index (χ0n) is 12.3. The van der Waals surface area contributed by atoms with E-state index in [1.165, 1.54) is 11.5 Å². The Morgan fingerprint density at radius 3 is 2.57 bits per heavy atom. The minimum atomic E-state index is -0.208. The molecule has 0 spiro atoms. The maximum Gasteiger partial charge on any atom is 0.258 e. The van der Waals surface area contributed by atoms with E-state index < -0.39 is 0 Å². The number of anilines is 2. The fraction of sp³-hybridized carbons (Fsp3) is 0.357. The molecule has 0 aliphatic carbocycles. The number of carbonyl (C=O) groups is 1. The van der Waals surface area contributed by atoms with Crippen LogP contribution in [0.5, 0.6) is 0 Å². The van der Waals surface area contributed by atoms with Gasteiger partial charge in [0, 0.05) is 24.5 Å². The van der Waals surface area contributed by atoms with Crippen LogP contribution in [0.1, 0.15) is 42.7 Å². The first-order valence-electron chi connectivity index (χ1n) is 6.71. The van der Waals surface area contributed by atoms with Gasteiger partial charge in [-0.15, -0.1) is 0 Å². The molecule has 0 fully saturated rings. The molecule has 1 amide bonds. The Labute approximate surface area is 128 Å². The van der Waals surface area contributed by atoms with Crippen molar-refractivity contribution in [3.63, 3.8) is 0 Å². The third-order valence-corrected chi connectivity index (χ3v) is 3.71. The number of rotatable bonds is 5. The molecule has 1 atom stereocenters. The lowest BCUT2D eigenvalue weighted by atomic mass is 10.1. The number of nitrogens with two attached hydrogens (primary N) is 1. The van der Waals surface area contributed by atoms with Gasteiger partial charge in [-0.25, -0.2) is 0 Å². The first-order chi connectivity index (χ1) is 9.99. The highest BCUT2D eigenvalue weighted by atomic mass is 32.1. The smallest absolute Gasteiger partial charge is 0.258 e. The van der Waals surface area contributed by atoms with Crippen molar-refractivity contribution >= 4 is 28.3 Å².